The second kappa shape index (κ2) is 4.04. The SMILES string of the molecule is CC(N)c1cnc(-c2ncccc2F)s1. The summed E-state index contributed by atoms with van der Waals surface area (Å²) in [4.78, 5) is 8.98. The number of pyridine rings is 1. The van der Waals surface area contributed by atoms with Crippen molar-refractivity contribution in [3.05, 3.63) is 35.2 Å². The van der Waals surface area contributed by atoms with Crippen molar-refractivity contribution in [2.75, 3.05) is 0 Å². The van der Waals surface area contributed by atoms with Crippen LogP contribution >= 0.6 is 11.3 Å². The van der Waals surface area contributed by atoms with Gasteiger partial charge in [0.15, 0.2) is 5.82 Å². The Hall–Kier alpha value is -1.33. The quantitative estimate of drug-likeness (QED) is 0.850. The average molecular weight is 223 g/mol. The molecule has 0 saturated heterocycles. The van der Waals surface area contributed by atoms with Crippen LogP contribution in [0.3, 0.4) is 0 Å². The first-order valence-corrected chi connectivity index (χ1v) is 5.32. The zero-order chi connectivity index (χ0) is 10.8. The normalized spacial score (nSPS) is 12.7. The minimum Gasteiger partial charge on any atom is -0.323 e. The maximum Gasteiger partial charge on any atom is 0.151 e. The molecule has 15 heavy (non-hydrogen) atoms. The van der Waals surface area contributed by atoms with Crippen molar-refractivity contribution in [1.82, 2.24) is 9.97 Å². The van der Waals surface area contributed by atoms with Gasteiger partial charge in [-0.3, -0.25) is 4.98 Å². The van der Waals surface area contributed by atoms with Crippen molar-refractivity contribution in [2.45, 2.75) is 13.0 Å². The molecular formula is C10H10FN3S. The second-order valence-corrected chi connectivity index (χ2v) is 4.25. The Labute approximate surface area is 90.8 Å². The standard InChI is InChI=1S/C10H10FN3S/c1-6(12)8-5-14-10(15-8)9-7(11)3-2-4-13-9/h2-6H,12H2,1H3. The third kappa shape index (κ3) is 2.03. The smallest absolute Gasteiger partial charge is 0.151 e. The van der Waals surface area contributed by atoms with Gasteiger partial charge >= 0.3 is 0 Å². The van der Waals surface area contributed by atoms with E-state index < -0.39 is 0 Å². The van der Waals surface area contributed by atoms with Crippen molar-refractivity contribution in [3.8, 4) is 10.7 Å². The molecule has 0 aliphatic carbocycles. The highest BCUT2D eigenvalue weighted by Crippen LogP contribution is 2.27. The molecule has 2 aromatic heterocycles. The molecule has 2 heterocycles. The summed E-state index contributed by atoms with van der Waals surface area (Å²) in [5.74, 6) is -0.358. The number of thiazole rings is 1. The molecule has 2 rings (SSSR count). The number of nitrogens with two attached hydrogens (primary N) is 1. The first kappa shape index (κ1) is 10.2. The largest absolute Gasteiger partial charge is 0.323 e. The summed E-state index contributed by atoms with van der Waals surface area (Å²) in [6.45, 7) is 1.87. The molecule has 1 unspecified atom stereocenters. The van der Waals surface area contributed by atoms with Crippen LogP contribution in [-0.2, 0) is 0 Å². The van der Waals surface area contributed by atoms with Crippen LogP contribution < -0.4 is 5.73 Å². The summed E-state index contributed by atoms with van der Waals surface area (Å²) in [6, 6.07) is 2.84. The molecule has 0 aromatic carbocycles. The van der Waals surface area contributed by atoms with Crippen LogP contribution in [0.2, 0.25) is 0 Å². The molecule has 0 radical (unpaired) electrons. The molecule has 0 aliphatic heterocycles. The Balaban J connectivity index is 2.42. The Kier molecular flexibility index (Phi) is 2.75. The van der Waals surface area contributed by atoms with Crippen LogP contribution in [-0.4, -0.2) is 9.97 Å². The average Bonchev–Trinajstić information content (AvgIpc) is 2.67. The third-order valence-corrected chi connectivity index (χ3v) is 3.14. The number of hydrogen-bond donors (Lipinski definition) is 1. The van der Waals surface area contributed by atoms with Crippen molar-refractivity contribution in [1.29, 1.82) is 0 Å². The monoisotopic (exact) mass is 223 g/mol. The topological polar surface area (TPSA) is 51.8 Å². The summed E-state index contributed by atoms with van der Waals surface area (Å²) < 4.78 is 13.4. The number of nitrogens with zero attached hydrogens (tertiary/aromatic N) is 2. The van der Waals surface area contributed by atoms with Gasteiger partial charge in [-0.1, -0.05) is 0 Å². The Morgan fingerprint density at radius 1 is 1.47 bits per heavy atom. The van der Waals surface area contributed by atoms with E-state index in [-0.39, 0.29) is 17.6 Å². The maximum atomic E-state index is 13.4. The van der Waals surface area contributed by atoms with Gasteiger partial charge in [0.2, 0.25) is 0 Å². The molecule has 3 nitrogen and oxygen atoms in total. The van der Waals surface area contributed by atoms with E-state index in [0.717, 1.165) is 4.88 Å². The van der Waals surface area contributed by atoms with Crippen LogP contribution in [0.25, 0.3) is 10.7 Å². The van der Waals surface area contributed by atoms with Crippen molar-refractivity contribution in [2.24, 2.45) is 5.73 Å². The number of hydrogen-bond acceptors (Lipinski definition) is 4. The number of halogens is 1. The van der Waals surface area contributed by atoms with Crippen molar-refractivity contribution < 1.29 is 4.39 Å². The van der Waals surface area contributed by atoms with Gasteiger partial charge < -0.3 is 5.73 Å². The molecule has 0 aliphatic rings. The van der Waals surface area contributed by atoms with Gasteiger partial charge in [-0.05, 0) is 19.1 Å². The predicted molar refractivity (Wildman–Crippen MR) is 57.9 cm³/mol. The number of aromatic nitrogens is 2. The molecular weight excluding hydrogens is 213 g/mol. The zero-order valence-electron chi connectivity index (χ0n) is 8.14. The molecule has 0 saturated carbocycles. The first-order valence-electron chi connectivity index (χ1n) is 4.50. The van der Waals surface area contributed by atoms with E-state index in [1.54, 1.807) is 18.5 Å². The second-order valence-electron chi connectivity index (χ2n) is 3.19. The Morgan fingerprint density at radius 3 is 2.87 bits per heavy atom. The maximum absolute atomic E-state index is 13.4. The van der Waals surface area contributed by atoms with Gasteiger partial charge in [0.05, 0.1) is 0 Å². The highest BCUT2D eigenvalue weighted by molar-refractivity contribution is 7.15. The van der Waals surface area contributed by atoms with Crippen molar-refractivity contribution in [3.63, 3.8) is 0 Å². The van der Waals surface area contributed by atoms with Gasteiger partial charge in [0.1, 0.15) is 10.7 Å². The van der Waals surface area contributed by atoms with Gasteiger partial charge in [-0.15, -0.1) is 11.3 Å². The molecule has 1 atom stereocenters. The van der Waals surface area contributed by atoms with Gasteiger partial charge in [0, 0.05) is 23.3 Å². The first-order chi connectivity index (χ1) is 7.18. The van der Waals surface area contributed by atoms with E-state index in [4.69, 9.17) is 5.73 Å². The van der Waals surface area contributed by atoms with Crippen LogP contribution in [0.4, 0.5) is 4.39 Å². The highest BCUT2D eigenvalue weighted by Gasteiger charge is 2.11. The predicted octanol–water partition coefficient (Wildman–Crippen LogP) is 2.36. The fourth-order valence-electron chi connectivity index (χ4n) is 1.15. The van der Waals surface area contributed by atoms with E-state index in [2.05, 4.69) is 9.97 Å². The number of rotatable bonds is 2. The van der Waals surface area contributed by atoms with Gasteiger partial charge in [-0.25, -0.2) is 9.37 Å². The van der Waals surface area contributed by atoms with Gasteiger partial charge in [-0.2, -0.15) is 0 Å². The summed E-state index contributed by atoms with van der Waals surface area (Å²) in [6.07, 6.45) is 3.21. The van der Waals surface area contributed by atoms with Crippen molar-refractivity contribution >= 4 is 11.3 Å². The van der Waals surface area contributed by atoms with Crippen LogP contribution in [0.1, 0.15) is 17.8 Å². The minimum absolute atomic E-state index is 0.0805. The Bertz CT molecular complexity index is 467. The van der Waals surface area contributed by atoms with Crippen LogP contribution in [0.15, 0.2) is 24.5 Å². The lowest BCUT2D eigenvalue weighted by Gasteiger charge is -1.98. The van der Waals surface area contributed by atoms with E-state index in [1.165, 1.54) is 17.4 Å². The molecule has 0 bridgehead atoms. The molecule has 0 fully saturated rings. The van der Waals surface area contributed by atoms with E-state index in [1.807, 2.05) is 6.92 Å². The summed E-state index contributed by atoms with van der Waals surface area (Å²) in [5.41, 5.74) is 5.99. The summed E-state index contributed by atoms with van der Waals surface area (Å²) in [5, 5.41) is 0.570. The van der Waals surface area contributed by atoms with Crippen LogP contribution in [0.5, 0.6) is 0 Å². The molecule has 2 aromatic rings. The lowest BCUT2D eigenvalue weighted by Crippen LogP contribution is -2.01. The summed E-state index contributed by atoms with van der Waals surface area (Å²) >= 11 is 1.37. The third-order valence-electron chi connectivity index (χ3n) is 1.93. The molecule has 0 amide bonds. The summed E-state index contributed by atoms with van der Waals surface area (Å²) in [7, 11) is 0. The van der Waals surface area contributed by atoms with Gasteiger partial charge in [0.25, 0.3) is 0 Å². The minimum atomic E-state index is -0.358. The van der Waals surface area contributed by atoms with E-state index >= 15 is 0 Å². The molecule has 5 heteroatoms. The Morgan fingerprint density at radius 2 is 2.27 bits per heavy atom. The lowest BCUT2D eigenvalue weighted by molar-refractivity contribution is 0.625. The fraction of sp³-hybridized carbons (Fsp3) is 0.200. The molecule has 78 valence electrons. The van der Waals surface area contributed by atoms with E-state index in [0.29, 0.717) is 5.01 Å². The lowest BCUT2D eigenvalue weighted by atomic mass is 10.3. The highest BCUT2D eigenvalue weighted by atomic mass is 32.1. The van der Waals surface area contributed by atoms with E-state index in [9.17, 15) is 4.39 Å². The molecule has 0 spiro atoms. The van der Waals surface area contributed by atoms with Crippen LogP contribution in [0, 0.1) is 5.82 Å². The molecule has 2 N–H and O–H groups in total. The zero-order valence-corrected chi connectivity index (χ0v) is 8.96. The fourth-order valence-corrected chi connectivity index (χ4v) is 2.02.